The SMILES string of the molecule is CCN1CCN(CC(=O)N(Cc2ccccc2)c2ccccc2)CC1. The number of amides is 1. The van der Waals surface area contributed by atoms with Crippen molar-refractivity contribution >= 4 is 11.6 Å². The molecule has 0 N–H and O–H groups in total. The van der Waals surface area contributed by atoms with Crippen LogP contribution in [0.25, 0.3) is 0 Å². The van der Waals surface area contributed by atoms with E-state index in [0.717, 1.165) is 44.0 Å². The average Bonchev–Trinajstić information content (AvgIpc) is 2.68. The number of carbonyl (C=O) groups excluding carboxylic acids is 1. The van der Waals surface area contributed by atoms with Crippen molar-refractivity contribution in [2.24, 2.45) is 0 Å². The molecule has 1 aliphatic rings. The van der Waals surface area contributed by atoms with E-state index in [0.29, 0.717) is 13.1 Å². The smallest absolute Gasteiger partial charge is 0.241 e. The monoisotopic (exact) mass is 337 g/mol. The highest BCUT2D eigenvalue weighted by atomic mass is 16.2. The lowest BCUT2D eigenvalue weighted by atomic mass is 10.2. The zero-order valence-corrected chi connectivity index (χ0v) is 15.0. The second kappa shape index (κ2) is 8.79. The first-order chi connectivity index (χ1) is 12.3. The summed E-state index contributed by atoms with van der Waals surface area (Å²) < 4.78 is 0. The van der Waals surface area contributed by atoms with Gasteiger partial charge in [0.1, 0.15) is 0 Å². The molecule has 2 aromatic rings. The van der Waals surface area contributed by atoms with Crippen molar-refractivity contribution in [2.45, 2.75) is 13.5 Å². The molecule has 25 heavy (non-hydrogen) atoms. The molecule has 1 saturated heterocycles. The number of hydrogen-bond acceptors (Lipinski definition) is 3. The molecule has 1 amide bonds. The summed E-state index contributed by atoms with van der Waals surface area (Å²) in [6.07, 6.45) is 0. The van der Waals surface area contributed by atoms with Gasteiger partial charge in [0, 0.05) is 31.9 Å². The van der Waals surface area contributed by atoms with E-state index in [2.05, 4.69) is 28.9 Å². The normalized spacial score (nSPS) is 15.9. The van der Waals surface area contributed by atoms with Crippen LogP contribution < -0.4 is 4.90 Å². The second-order valence-electron chi connectivity index (χ2n) is 6.51. The number of carbonyl (C=O) groups is 1. The van der Waals surface area contributed by atoms with E-state index in [1.165, 1.54) is 0 Å². The van der Waals surface area contributed by atoms with E-state index >= 15 is 0 Å². The molecule has 132 valence electrons. The fraction of sp³-hybridized carbons (Fsp3) is 0.381. The van der Waals surface area contributed by atoms with Crippen molar-refractivity contribution in [1.29, 1.82) is 0 Å². The molecule has 4 heteroatoms. The minimum atomic E-state index is 0.167. The maximum absolute atomic E-state index is 13.0. The summed E-state index contributed by atoms with van der Waals surface area (Å²) in [6.45, 7) is 8.41. The molecule has 0 atom stereocenters. The van der Waals surface area contributed by atoms with Gasteiger partial charge in [-0.1, -0.05) is 55.5 Å². The number of rotatable bonds is 6. The highest BCUT2D eigenvalue weighted by Gasteiger charge is 2.22. The van der Waals surface area contributed by atoms with E-state index in [1.54, 1.807) is 0 Å². The van der Waals surface area contributed by atoms with Gasteiger partial charge in [-0.2, -0.15) is 0 Å². The molecular formula is C21H27N3O. The number of nitrogens with zero attached hydrogens (tertiary/aromatic N) is 3. The van der Waals surface area contributed by atoms with Gasteiger partial charge in [-0.3, -0.25) is 9.69 Å². The average molecular weight is 337 g/mol. The van der Waals surface area contributed by atoms with Crippen molar-refractivity contribution in [2.75, 3.05) is 44.2 Å². The Morgan fingerprint density at radius 1 is 0.880 bits per heavy atom. The molecule has 1 aliphatic heterocycles. The van der Waals surface area contributed by atoms with Crippen LogP contribution in [0.3, 0.4) is 0 Å². The van der Waals surface area contributed by atoms with E-state index in [9.17, 15) is 4.79 Å². The maximum atomic E-state index is 13.0. The first-order valence-corrected chi connectivity index (χ1v) is 9.10. The minimum absolute atomic E-state index is 0.167. The Bertz CT molecular complexity index is 651. The molecule has 1 fully saturated rings. The van der Waals surface area contributed by atoms with Crippen LogP contribution in [0.1, 0.15) is 12.5 Å². The van der Waals surface area contributed by atoms with Crippen molar-refractivity contribution < 1.29 is 4.79 Å². The van der Waals surface area contributed by atoms with Gasteiger partial charge in [0.25, 0.3) is 0 Å². The van der Waals surface area contributed by atoms with Crippen LogP contribution in [0.2, 0.25) is 0 Å². The Balaban J connectivity index is 1.69. The van der Waals surface area contributed by atoms with Crippen LogP contribution in [0.5, 0.6) is 0 Å². The zero-order chi connectivity index (χ0) is 17.5. The Morgan fingerprint density at radius 2 is 1.44 bits per heavy atom. The molecule has 0 aromatic heterocycles. The van der Waals surface area contributed by atoms with Gasteiger partial charge in [0.05, 0.1) is 13.1 Å². The third kappa shape index (κ3) is 4.91. The maximum Gasteiger partial charge on any atom is 0.241 e. The summed E-state index contributed by atoms with van der Waals surface area (Å²) in [5.74, 6) is 0.167. The quantitative estimate of drug-likeness (QED) is 0.811. The third-order valence-corrected chi connectivity index (χ3v) is 4.82. The van der Waals surface area contributed by atoms with Gasteiger partial charge in [0.15, 0.2) is 0 Å². The van der Waals surface area contributed by atoms with E-state index in [4.69, 9.17) is 0 Å². The predicted octanol–water partition coefficient (Wildman–Crippen LogP) is 2.86. The third-order valence-electron chi connectivity index (χ3n) is 4.82. The van der Waals surface area contributed by atoms with Crippen LogP contribution in [0, 0.1) is 0 Å². The molecule has 4 nitrogen and oxygen atoms in total. The fourth-order valence-corrected chi connectivity index (χ4v) is 3.24. The number of piperazine rings is 1. The largest absolute Gasteiger partial charge is 0.307 e. The number of para-hydroxylation sites is 1. The first-order valence-electron chi connectivity index (χ1n) is 9.10. The molecule has 1 heterocycles. The van der Waals surface area contributed by atoms with E-state index in [1.807, 2.05) is 53.4 Å². The molecule has 0 spiro atoms. The van der Waals surface area contributed by atoms with Crippen molar-refractivity contribution in [3.63, 3.8) is 0 Å². The molecule has 0 aliphatic carbocycles. The van der Waals surface area contributed by atoms with E-state index in [-0.39, 0.29) is 5.91 Å². The van der Waals surface area contributed by atoms with Gasteiger partial charge in [-0.15, -0.1) is 0 Å². The van der Waals surface area contributed by atoms with Gasteiger partial charge < -0.3 is 9.80 Å². The molecule has 3 rings (SSSR count). The second-order valence-corrected chi connectivity index (χ2v) is 6.51. The molecular weight excluding hydrogens is 310 g/mol. The number of likely N-dealkylation sites (N-methyl/N-ethyl adjacent to an activating group) is 1. The molecule has 0 saturated carbocycles. The summed E-state index contributed by atoms with van der Waals surface area (Å²) in [7, 11) is 0. The van der Waals surface area contributed by atoms with Crippen molar-refractivity contribution in [3.8, 4) is 0 Å². The van der Waals surface area contributed by atoms with Gasteiger partial charge in [0.2, 0.25) is 5.91 Å². The lowest BCUT2D eigenvalue weighted by Gasteiger charge is -2.34. The predicted molar refractivity (Wildman–Crippen MR) is 103 cm³/mol. The van der Waals surface area contributed by atoms with Gasteiger partial charge in [-0.05, 0) is 24.2 Å². The summed E-state index contributed by atoms with van der Waals surface area (Å²) in [6, 6.07) is 20.2. The first kappa shape index (κ1) is 17.6. The molecule has 0 unspecified atom stereocenters. The Kier molecular flexibility index (Phi) is 6.20. The fourth-order valence-electron chi connectivity index (χ4n) is 3.24. The molecule has 2 aromatic carbocycles. The lowest BCUT2D eigenvalue weighted by Crippen LogP contribution is -2.49. The van der Waals surface area contributed by atoms with Gasteiger partial charge >= 0.3 is 0 Å². The Labute approximate surface area is 150 Å². The highest BCUT2D eigenvalue weighted by molar-refractivity contribution is 5.94. The number of hydrogen-bond donors (Lipinski definition) is 0. The standard InChI is InChI=1S/C21H27N3O/c1-2-22-13-15-23(16-14-22)18-21(25)24(20-11-7-4-8-12-20)17-19-9-5-3-6-10-19/h3-12H,2,13-18H2,1H3. The highest BCUT2D eigenvalue weighted by Crippen LogP contribution is 2.18. The Hall–Kier alpha value is -2.17. The Morgan fingerprint density at radius 3 is 2.04 bits per heavy atom. The van der Waals surface area contributed by atoms with Crippen LogP contribution in [-0.4, -0.2) is 55.0 Å². The summed E-state index contributed by atoms with van der Waals surface area (Å²) in [4.78, 5) is 19.6. The molecule has 0 bridgehead atoms. The molecule has 0 radical (unpaired) electrons. The summed E-state index contributed by atoms with van der Waals surface area (Å²) >= 11 is 0. The topological polar surface area (TPSA) is 26.8 Å². The van der Waals surface area contributed by atoms with E-state index < -0.39 is 0 Å². The van der Waals surface area contributed by atoms with Crippen LogP contribution >= 0.6 is 0 Å². The van der Waals surface area contributed by atoms with Crippen LogP contribution in [0.4, 0.5) is 5.69 Å². The summed E-state index contributed by atoms with van der Waals surface area (Å²) in [5, 5.41) is 0. The van der Waals surface area contributed by atoms with Crippen LogP contribution in [0.15, 0.2) is 60.7 Å². The van der Waals surface area contributed by atoms with Crippen molar-refractivity contribution in [3.05, 3.63) is 66.2 Å². The van der Waals surface area contributed by atoms with Gasteiger partial charge in [-0.25, -0.2) is 0 Å². The lowest BCUT2D eigenvalue weighted by molar-refractivity contribution is -0.120. The van der Waals surface area contributed by atoms with Crippen molar-refractivity contribution in [1.82, 2.24) is 9.80 Å². The number of anilines is 1. The number of benzene rings is 2. The minimum Gasteiger partial charge on any atom is -0.307 e. The zero-order valence-electron chi connectivity index (χ0n) is 15.0. The summed E-state index contributed by atoms with van der Waals surface area (Å²) in [5.41, 5.74) is 2.11. The van der Waals surface area contributed by atoms with Crippen LogP contribution in [-0.2, 0) is 11.3 Å².